The quantitative estimate of drug-likeness (QED) is 0.416. The van der Waals surface area contributed by atoms with Gasteiger partial charge in [-0.3, -0.25) is 14.4 Å². The van der Waals surface area contributed by atoms with E-state index in [-0.39, 0.29) is 18.6 Å². The van der Waals surface area contributed by atoms with Crippen molar-refractivity contribution in [3.05, 3.63) is 29.8 Å². The van der Waals surface area contributed by atoms with Crippen LogP contribution in [0.2, 0.25) is 0 Å². The summed E-state index contributed by atoms with van der Waals surface area (Å²) in [5.41, 5.74) is 4.27. The first-order chi connectivity index (χ1) is 15.9. The van der Waals surface area contributed by atoms with Crippen molar-refractivity contribution >= 4 is 23.8 Å². The Morgan fingerprint density at radius 2 is 1.69 bits per heavy atom. The van der Waals surface area contributed by atoms with Crippen LogP contribution in [0.1, 0.15) is 79.8 Å². The maximum Gasteiger partial charge on any atom is 0.408 e. The normalized spacial score (nSPS) is 13.5. The highest BCUT2D eigenvalue weighted by Gasteiger charge is 2.38. The number of hydrogen-bond donors (Lipinski definition) is 4. The molecule has 196 valence electrons. The van der Waals surface area contributed by atoms with Crippen LogP contribution >= 0.6 is 0 Å². The van der Waals surface area contributed by atoms with Gasteiger partial charge in [0.25, 0.3) is 0 Å². The number of amides is 4. The minimum atomic E-state index is -1.18. The Balaban J connectivity index is 3.50. The van der Waals surface area contributed by atoms with E-state index >= 15 is 0 Å². The zero-order chi connectivity index (χ0) is 27.1. The van der Waals surface area contributed by atoms with E-state index in [4.69, 9.17) is 10.5 Å². The van der Waals surface area contributed by atoms with E-state index in [2.05, 4.69) is 10.6 Å². The van der Waals surface area contributed by atoms with Crippen molar-refractivity contribution in [1.29, 1.82) is 0 Å². The minimum Gasteiger partial charge on any atom is -0.508 e. The van der Waals surface area contributed by atoms with Crippen LogP contribution < -0.4 is 16.4 Å². The molecule has 10 heteroatoms. The molecule has 2 atom stereocenters. The van der Waals surface area contributed by atoms with E-state index in [0.29, 0.717) is 5.56 Å². The predicted molar refractivity (Wildman–Crippen MR) is 132 cm³/mol. The maximum atomic E-state index is 13.8. The Morgan fingerprint density at radius 1 is 1.09 bits per heavy atom. The number of primary amides is 1. The van der Waals surface area contributed by atoms with Gasteiger partial charge in [-0.2, -0.15) is 0 Å². The number of phenolic OH excluding ortho intramolecular Hbond substituents is 1. The lowest BCUT2D eigenvalue weighted by Gasteiger charge is -2.38. The molecule has 35 heavy (non-hydrogen) atoms. The molecule has 0 saturated carbocycles. The van der Waals surface area contributed by atoms with Crippen molar-refractivity contribution in [1.82, 2.24) is 15.5 Å². The van der Waals surface area contributed by atoms with Crippen molar-refractivity contribution in [3.8, 4) is 5.75 Å². The van der Waals surface area contributed by atoms with Crippen molar-refractivity contribution in [3.63, 3.8) is 0 Å². The van der Waals surface area contributed by atoms with Crippen molar-refractivity contribution in [2.45, 2.75) is 97.5 Å². The number of hydrogen-bond acceptors (Lipinski definition) is 6. The molecule has 4 amide bonds. The summed E-state index contributed by atoms with van der Waals surface area (Å²) in [6, 6.07) is 3.30. The Labute approximate surface area is 207 Å². The second-order valence-corrected chi connectivity index (χ2v) is 10.8. The van der Waals surface area contributed by atoms with Crippen LogP contribution in [0.3, 0.4) is 0 Å². The van der Waals surface area contributed by atoms with Crippen molar-refractivity contribution in [2.75, 3.05) is 0 Å². The molecule has 0 radical (unpaired) electrons. The zero-order valence-electron chi connectivity index (χ0n) is 22.0. The fourth-order valence-electron chi connectivity index (χ4n) is 3.42. The number of ether oxygens (including phenoxy) is 1. The molecule has 5 N–H and O–H groups in total. The monoisotopic (exact) mass is 492 g/mol. The Kier molecular flexibility index (Phi) is 10.1. The SMILES string of the molecule is CC(C)N(C(=O)C(CCC(N)=O)NC(=O)OC(C)(C)C)C(C(=O)NC(C)(C)C)c1cccc(O)c1. The Bertz CT molecular complexity index is 917. The summed E-state index contributed by atoms with van der Waals surface area (Å²) in [6.45, 7) is 13.9. The van der Waals surface area contributed by atoms with Gasteiger partial charge >= 0.3 is 6.09 Å². The molecule has 0 bridgehead atoms. The number of alkyl carbamates (subject to hydrolysis) is 1. The zero-order valence-corrected chi connectivity index (χ0v) is 22.0. The molecule has 0 saturated heterocycles. The summed E-state index contributed by atoms with van der Waals surface area (Å²) < 4.78 is 5.29. The number of benzene rings is 1. The lowest BCUT2D eigenvalue weighted by molar-refractivity contribution is -0.145. The molecule has 1 aromatic rings. The van der Waals surface area contributed by atoms with Crippen LogP contribution in [0.25, 0.3) is 0 Å². The number of carbonyl (C=O) groups is 4. The molecule has 1 aromatic carbocycles. The number of rotatable bonds is 9. The van der Waals surface area contributed by atoms with Gasteiger partial charge in [0, 0.05) is 18.0 Å². The number of nitrogens with two attached hydrogens (primary N) is 1. The van der Waals surface area contributed by atoms with Crippen LogP contribution in [-0.4, -0.2) is 57.0 Å². The average Bonchev–Trinajstić information content (AvgIpc) is 2.65. The van der Waals surface area contributed by atoms with Crippen LogP contribution in [-0.2, 0) is 19.1 Å². The highest BCUT2D eigenvalue weighted by atomic mass is 16.6. The summed E-state index contributed by atoms with van der Waals surface area (Å²) >= 11 is 0. The molecule has 0 spiro atoms. The first-order valence-corrected chi connectivity index (χ1v) is 11.6. The fraction of sp³-hybridized carbons (Fsp3) is 0.600. The third-order valence-corrected chi connectivity index (χ3v) is 4.69. The van der Waals surface area contributed by atoms with Crippen LogP contribution in [0, 0.1) is 0 Å². The van der Waals surface area contributed by atoms with Gasteiger partial charge in [-0.25, -0.2) is 4.79 Å². The standard InChI is InChI=1S/C25H40N4O6/c1-15(2)29(20(21(32)28-24(3,4)5)16-10-9-11-17(30)14-16)22(33)18(12-13-19(26)31)27-23(34)35-25(6,7)8/h9-11,14-15,18,20,30H,12-13H2,1-8H3,(H2,26,31)(H,27,34)(H,28,32). The van der Waals surface area contributed by atoms with E-state index in [1.807, 2.05) is 20.8 Å². The highest BCUT2D eigenvalue weighted by molar-refractivity contribution is 5.93. The molecule has 0 aliphatic heterocycles. The predicted octanol–water partition coefficient (Wildman–Crippen LogP) is 2.74. The molecular weight excluding hydrogens is 452 g/mol. The molecule has 0 aliphatic rings. The molecule has 0 aromatic heterocycles. The summed E-state index contributed by atoms with van der Waals surface area (Å²) in [4.78, 5) is 52.6. The van der Waals surface area contributed by atoms with Crippen molar-refractivity contribution < 1.29 is 29.0 Å². The van der Waals surface area contributed by atoms with Crippen LogP contribution in [0.5, 0.6) is 5.75 Å². The minimum absolute atomic E-state index is 0.0654. The summed E-state index contributed by atoms with van der Waals surface area (Å²) in [5.74, 6) is -1.76. The third kappa shape index (κ3) is 10.2. The van der Waals surface area contributed by atoms with Crippen molar-refractivity contribution in [2.24, 2.45) is 5.73 Å². The Morgan fingerprint density at radius 3 is 2.14 bits per heavy atom. The molecule has 0 fully saturated rings. The first kappa shape index (κ1) is 29.7. The topological polar surface area (TPSA) is 151 Å². The molecule has 10 nitrogen and oxygen atoms in total. The Hall–Kier alpha value is -3.30. The summed E-state index contributed by atoms with van der Waals surface area (Å²) in [7, 11) is 0. The van der Waals surface area contributed by atoms with Gasteiger partial charge in [0.2, 0.25) is 17.7 Å². The van der Waals surface area contributed by atoms with Crippen LogP contribution in [0.15, 0.2) is 24.3 Å². The summed E-state index contributed by atoms with van der Waals surface area (Å²) in [5, 5.41) is 15.5. The lowest BCUT2D eigenvalue weighted by Crippen LogP contribution is -2.56. The van der Waals surface area contributed by atoms with E-state index < -0.39 is 53.1 Å². The van der Waals surface area contributed by atoms with Gasteiger partial charge in [-0.05, 0) is 79.5 Å². The van der Waals surface area contributed by atoms with Gasteiger partial charge in [0.15, 0.2) is 0 Å². The highest BCUT2D eigenvalue weighted by Crippen LogP contribution is 2.28. The molecule has 0 aliphatic carbocycles. The largest absolute Gasteiger partial charge is 0.508 e. The maximum absolute atomic E-state index is 13.8. The number of carbonyl (C=O) groups excluding carboxylic acids is 4. The lowest BCUT2D eigenvalue weighted by atomic mass is 9.98. The van der Waals surface area contributed by atoms with Gasteiger partial charge in [0.1, 0.15) is 23.4 Å². The molecule has 1 rings (SSSR count). The van der Waals surface area contributed by atoms with Gasteiger partial charge in [-0.15, -0.1) is 0 Å². The number of nitrogens with zero attached hydrogens (tertiary/aromatic N) is 1. The average molecular weight is 493 g/mol. The molecular formula is C25H40N4O6. The molecule has 2 unspecified atom stereocenters. The van der Waals surface area contributed by atoms with E-state index in [1.165, 1.54) is 17.0 Å². The van der Waals surface area contributed by atoms with Gasteiger partial charge < -0.3 is 31.1 Å². The second kappa shape index (κ2) is 11.9. The number of nitrogens with one attached hydrogen (secondary N) is 2. The van der Waals surface area contributed by atoms with E-state index in [9.17, 15) is 24.3 Å². The number of phenols is 1. The first-order valence-electron chi connectivity index (χ1n) is 11.6. The number of aromatic hydroxyl groups is 1. The van der Waals surface area contributed by atoms with Gasteiger partial charge in [-0.1, -0.05) is 12.1 Å². The van der Waals surface area contributed by atoms with Crippen LogP contribution in [0.4, 0.5) is 4.79 Å². The van der Waals surface area contributed by atoms with E-state index in [0.717, 1.165) is 0 Å². The summed E-state index contributed by atoms with van der Waals surface area (Å²) in [6.07, 6.45) is -1.08. The van der Waals surface area contributed by atoms with Gasteiger partial charge in [0.05, 0.1) is 0 Å². The fourth-order valence-corrected chi connectivity index (χ4v) is 3.42. The third-order valence-electron chi connectivity index (χ3n) is 4.69. The smallest absolute Gasteiger partial charge is 0.408 e. The second-order valence-electron chi connectivity index (χ2n) is 10.8. The van der Waals surface area contributed by atoms with E-state index in [1.54, 1.807) is 46.8 Å². The molecule has 0 heterocycles.